The van der Waals surface area contributed by atoms with Crippen LogP contribution in [0, 0.1) is 0 Å². The first kappa shape index (κ1) is 11.2. The molecule has 0 unspecified atom stereocenters. The van der Waals surface area contributed by atoms with Gasteiger partial charge in [0.1, 0.15) is 0 Å². The molecule has 0 saturated heterocycles. The van der Waals surface area contributed by atoms with Crippen LogP contribution in [0.15, 0.2) is 53.1 Å². The van der Waals surface area contributed by atoms with E-state index in [1.54, 1.807) is 4.52 Å². The summed E-state index contributed by atoms with van der Waals surface area (Å²) in [6, 6.07) is 14.3. The molecule has 0 N–H and O–H groups in total. The van der Waals surface area contributed by atoms with Gasteiger partial charge >= 0.3 is 0 Å². The standard InChI is InChI=1S/C15H8BrN5/c16-11-8-20-12-6-1-2-7-13(12)21-15(17-18-19-21)10-5-3-4-9(11)14(10)20/h1-8H. The molecule has 21 heavy (non-hydrogen) atoms. The number of hydrogen-bond acceptors (Lipinski definition) is 3. The lowest BCUT2D eigenvalue weighted by Crippen LogP contribution is -1.88. The predicted octanol–water partition coefficient (Wildman–Crippen LogP) is 3.45. The van der Waals surface area contributed by atoms with Crippen LogP contribution in [-0.2, 0) is 0 Å². The monoisotopic (exact) mass is 337 g/mol. The molecular formula is C15H8BrN5. The molecule has 2 aromatic carbocycles. The van der Waals surface area contributed by atoms with E-state index >= 15 is 0 Å². The fraction of sp³-hybridized carbons (Fsp3) is 0. The number of aromatic nitrogens is 5. The molecule has 6 heteroatoms. The molecule has 0 bridgehead atoms. The van der Waals surface area contributed by atoms with E-state index in [-0.39, 0.29) is 0 Å². The predicted molar refractivity (Wildman–Crippen MR) is 84.4 cm³/mol. The summed E-state index contributed by atoms with van der Waals surface area (Å²) in [5, 5.41) is 14.4. The van der Waals surface area contributed by atoms with Crippen LogP contribution in [-0.4, -0.2) is 24.4 Å². The van der Waals surface area contributed by atoms with Crippen molar-refractivity contribution in [2.24, 2.45) is 0 Å². The smallest absolute Gasteiger partial charge is 0.189 e. The Balaban J connectivity index is 2.34. The highest BCUT2D eigenvalue weighted by molar-refractivity contribution is 9.10. The van der Waals surface area contributed by atoms with E-state index in [1.165, 1.54) is 0 Å². The maximum atomic E-state index is 4.22. The van der Waals surface area contributed by atoms with Crippen molar-refractivity contribution in [2.45, 2.75) is 0 Å². The molecule has 3 aromatic heterocycles. The Labute approximate surface area is 126 Å². The van der Waals surface area contributed by atoms with Crippen molar-refractivity contribution in [3.8, 4) is 0 Å². The minimum atomic E-state index is 0.761. The second-order valence-corrected chi connectivity index (χ2v) is 5.81. The number of tetrazole rings is 1. The molecule has 0 spiro atoms. The Morgan fingerprint density at radius 2 is 1.71 bits per heavy atom. The van der Waals surface area contributed by atoms with E-state index in [4.69, 9.17) is 0 Å². The zero-order valence-corrected chi connectivity index (χ0v) is 12.3. The number of benzene rings is 2. The fourth-order valence-corrected chi connectivity index (χ4v) is 3.50. The van der Waals surface area contributed by atoms with Gasteiger partial charge < -0.3 is 4.40 Å². The lowest BCUT2D eigenvalue weighted by Gasteiger charge is -1.97. The molecule has 3 heterocycles. The third kappa shape index (κ3) is 1.32. The van der Waals surface area contributed by atoms with Gasteiger partial charge in [0.05, 0.1) is 16.6 Å². The van der Waals surface area contributed by atoms with Crippen LogP contribution in [0.1, 0.15) is 0 Å². The largest absolute Gasteiger partial charge is 0.313 e. The fourth-order valence-electron chi connectivity index (χ4n) is 2.98. The number of nitrogens with zero attached hydrogens (tertiary/aromatic N) is 5. The Morgan fingerprint density at radius 1 is 0.905 bits per heavy atom. The summed E-state index contributed by atoms with van der Waals surface area (Å²) in [5.41, 5.74) is 3.91. The Hall–Kier alpha value is -2.47. The van der Waals surface area contributed by atoms with E-state index in [0.717, 1.165) is 37.4 Å². The van der Waals surface area contributed by atoms with Crippen LogP contribution in [0.4, 0.5) is 0 Å². The number of rotatable bonds is 0. The van der Waals surface area contributed by atoms with Gasteiger partial charge in [0.15, 0.2) is 5.65 Å². The van der Waals surface area contributed by atoms with Crippen LogP contribution in [0.25, 0.3) is 33.0 Å². The minimum absolute atomic E-state index is 0.761. The van der Waals surface area contributed by atoms with Crippen molar-refractivity contribution < 1.29 is 0 Å². The van der Waals surface area contributed by atoms with Crippen LogP contribution in [0.2, 0.25) is 0 Å². The highest BCUT2D eigenvalue weighted by atomic mass is 79.9. The highest BCUT2D eigenvalue weighted by Gasteiger charge is 2.14. The first-order valence-corrected chi connectivity index (χ1v) is 7.32. The lowest BCUT2D eigenvalue weighted by molar-refractivity contribution is 0.841. The van der Waals surface area contributed by atoms with Gasteiger partial charge in [0, 0.05) is 21.4 Å². The zero-order valence-electron chi connectivity index (χ0n) is 10.7. The Bertz CT molecular complexity index is 1150. The minimum Gasteiger partial charge on any atom is -0.313 e. The molecule has 5 nitrogen and oxygen atoms in total. The molecule has 5 aromatic rings. The van der Waals surface area contributed by atoms with Gasteiger partial charge in [0.2, 0.25) is 0 Å². The SMILES string of the molecule is Brc1cn2c3ccccc3n3nnnc3c3cccc1c32. The van der Waals surface area contributed by atoms with E-state index in [1.807, 2.05) is 24.3 Å². The maximum Gasteiger partial charge on any atom is 0.189 e. The van der Waals surface area contributed by atoms with Gasteiger partial charge in [-0.3, -0.25) is 0 Å². The van der Waals surface area contributed by atoms with Gasteiger partial charge in [-0.15, -0.1) is 5.10 Å². The van der Waals surface area contributed by atoms with Crippen molar-refractivity contribution >= 4 is 48.9 Å². The average molecular weight is 338 g/mol. The summed E-state index contributed by atoms with van der Waals surface area (Å²) < 4.78 is 5.04. The molecule has 0 aliphatic heterocycles. The van der Waals surface area contributed by atoms with E-state index in [9.17, 15) is 0 Å². The van der Waals surface area contributed by atoms with Gasteiger partial charge in [0.25, 0.3) is 0 Å². The third-order valence-corrected chi connectivity index (χ3v) is 4.49. The molecule has 0 aliphatic carbocycles. The first-order valence-electron chi connectivity index (χ1n) is 6.53. The quantitative estimate of drug-likeness (QED) is 0.435. The summed E-state index contributed by atoms with van der Waals surface area (Å²) >= 11 is 3.65. The molecule has 100 valence electrons. The molecule has 0 saturated carbocycles. The number of para-hydroxylation sites is 3. The van der Waals surface area contributed by atoms with Crippen LogP contribution >= 0.6 is 15.9 Å². The molecule has 0 amide bonds. The summed E-state index contributed by atoms with van der Waals surface area (Å²) in [6.45, 7) is 0. The van der Waals surface area contributed by atoms with Crippen molar-refractivity contribution in [1.29, 1.82) is 0 Å². The van der Waals surface area contributed by atoms with Gasteiger partial charge in [-0.1, -0.05) is 24.3 Å². The van der Waals surface area contributed by atoms with Gasteiger partial charge in [-0.25, -0.2) is 0 Å². The number of hydrogen-bond donors (Lipinski definition) is 0. The first-order chi connectivity index (χ1) is 10.3. The Kier molecular flexibility index (Phi) is 2.03. The van der Waals surface area contributed by atoms with Crippen molar-refractivity contribution in [3.05, 3.63) is 53.1 Å². The maximum absolute atomic E-state index is 4.22. The summed E-state index contributed by atoms with van der Waals surface area (Å²) in [7, 11) is 0. The zero-order chi connectivity index (χ0) is 14.0. The van der Waals surface area contributed by atoms with Gasteiger partial charge in [-0.05, 0) is 44.6 Å². The molecular weight excluding hydrogens is 330 g/mol. The summed E-state index contributed by atoms with van der Waals surface area (Å²) in [6.07, 6.45) is 2.09. The second-order valence-electron chi connectivity index (χ2n) is 4.95. The Morgan fingerprint density at radius 3 is 2.62 bits per heavy atom. The van der Waals surface area contributed by atoms with E-state index in [2.05, 4.69) is 60.3 Å². The molecule has 0 fully saturated rings. The van der Waals surface area contributed by atoms with E-state index < -0.39 is 0 Å². The number of fused-ring (bicyclic) bond motifs is 5. The van der Waals surface area contributed by atoms with Crippen LogP contribution in [0.5, 0.6) is 0 Å². The van der Waals surface area contributed by atoms with Crippen LogP contribution < -0.4 is 0 Å². The summed E-state index contributed by atoms with van der Waals surface area (Å²) in [4.78, 5) is 0. The second kappa shape index (κ2) is 3.79. The lowest BCUT2D eigenvalue weighted by atomic mass is 10.2. The normalized spacial score (nSPS) is 12.0. The third-order valence-electron chi connectivity index (χ3n) is 3.86. The van der Waals surface area contributed by atoms with Crippen LogP contribution in [0.3, 0.4) is 0 Å². The van der Waals surface area contributed by atoms with Crippen molar-refractivity contribution in [1.82, 2.24) is 24.4 Å². The molecule has 0 aliphatic rings. The van der Waals surface area contributed by atoms with E-state index in [0.29, 0.717) is 0 Å². The molecule has 0 radical (unpaired) electrons. The van der Waals surface area contributed by atoms with Crippen molar-refractivity contribution in [2.75, 3.05) is 0 Å². The van der Waals surface area contributed by atoms with Gasteiger partial charge in [-0.2, -0.15) is 4.52 Å². The average Bonchev–Trinajstić information content (AvgIpc) is 3.10. The molecule has 5 rings (SSSR count). The van der Waals surface area contributed by atoms with Crippen molar-refractivity contribution in [3.63, 3.8) is 0 Å². The number of halogens is 1. The topological polar surface area (TPSA) is 47.5 Å². The summed E-state index contributed by atoms with van der Waals surface area (Å²) in [5.74, 6) is 0. The molecule has 0 atom stereocenters. The highest BCUT2D eigenvalue weighted by Crippen LogP contribution is 2.32.